The van der Waals surface area contributed by atoms with Gasteiger partial charge in [0.1, 0.15) is 16.9 Å². The molecule has 7 heteroatoms. The highest BCUT2D eigenvalue weighted by Gasteiger charge is 2.13. The zero-order chi connectivity index (χ0) is 20.1. The fourth-order valence-electron chi connectivity index (χ4n) is 2.39. The summed E-state index contributed by atoms with van der Waals surface area (Å²) in [6.07, 6.45) is 1.69. The van der Waals surface area contributed by atoms with Gasteiger partial charge in [-0.05, 0) is 55.0 Å². The van der Waals surface area contributed by atoms with Crippen LogP contribution in [0.3, 0.4) is 0 Å². The summed E-state index contributed by atoms with van der Waals surface area (Å²) in [7, 11) is 1.45. The average Bonchev–Trinajstić information content (AvgIpc) is 3.13. The molecule has 0 atom stereocenters. The van der Waals surface area contributed by atoms with Crippen molar-refractivity contribution in [2.45, 2.75) is 6.92 Å². The lowest BCUT2D eigenvalue weighted by Gasteiger charge is -2.10. The molecule has 0 saturated heterocycles. The zero-order valence-electron chi connectivity index (χ0n) is 15.1. The standard InChI is InChI=1S/C21H15FN2O3S/c1-13-12-28-20(24-13)16(11-23)9-14-3-8-18(19(10-14)26-2)27-21(25)15-4-6-17(22)7-5-15/h3-10,12H,1-2H3/b16-9-. The van der Waals surface area contributed by atoms with Gasteiger partial charge in [-0.2, -0.15) is 5.26 Å². The van der Waals surface area contributed by atoms with Crippen LogP contribution in [0.25, 0.3) is 11.6 Å². The van der Waals surface area contributed by atoms with E-state index in [0.717, 1.165) is 5.69 Å². The van der Waals surface area contributed by atoms with Crippen LogP contribution >= 0.6 is 11.3 Å². The van der Waals surface area contributed by atoms with Crippen LogP contribution in [0, 0.1) is 24.1 Å². The Kier molecular flexibility index (Phi) is 5.82. The summed E-state index contributed by atoms with van der Waals surface area (Å²) >= 11 is 1.39. The summed E-state index contributed by atoms with van der Waals surface area (Å²) in [5.74, 6) is -0.513. The SMILES string of the molecule is COc1cc(/C=C(/C#N)c2nc(C)cs2)ccc1OC(=O)c1ccc(F)cc1. The second-order valence-electron chi connectivity index (χ2n) is 5.77. The van der Waals surface area contributed by atoms with Crippen LogP contribution in [0.15, 0.2) is 47.8 Å². The molecule has 5 nitrogen and oxygen atoms in total. The first kappa shape index (κ1) is 19.3. The number of halogens is 1. The molecule has 1 aromatic heterocycles. The minimum absolute atomic E-state index is 0.220. The second kappa shape index (κ2) is 8.46. The lowest BCUT2D eigenvalue weighted by molar-refractivity contribution is 0.0729. The van der Waals surface area contributed by atoms with Gasteiger partial charge in [-0.3, -0.25) is 0 Å². The Morgan fingerprint density at radius 1 is 1.21 bits per heavy atom. The third-order valence-corrected chi connectivity index (χ3v) is 4.74. The van der Waals surface area contributed by atoms with E-state index in [4.69, 9.17) is 9.47 Å². The summed E-state index contributed by atoms with van der Waals surface area (Å²) in [5.41, 5.74) is 2.19. The van der Waals surface area contributed by atoms with E-state index in [1.807, 2.05) is 12.3 Å². The van der Waals surface area contributed by atoms with Crippen molar-refractivity contribution in [3.63, 3.8) is 0 Å². The molecule has 3 rings (SSSR count). The van der Waals surface area contributed by atoms with Crippen molar-refractivity contribution < 1.29 is 18.7 Å². The van der Waals surface area contributed by atoms with E-state index in [1.54, 1.807) is 24.3 Å². The van der Waals surface area contributed by atoms with E-state index >= 15 is 0 Å². The molecule has 0 N–H and O–H groups in total. The fraction of sp³-hybridized carbons (Fsp3) is 0.0952. The number of thiazole rings is 1. The van der Waals surface area contributed by atoms with Gasteiger partial charge >= 0.3 is 5.97 Å². The quantitative estimate of drug-likeness (QED) is 0.350. The molecule has 140 valence electrons. The molecular weight excluding hydrogens is 379 g/mol. The molecule has 0 fully saturated rings. The van der Waals surface area contributed by atoms with Crippen molar-refractivity contribution in [3.8, 4) is 17.6 Å². The van der Waals surface area contributed by atoms with Gasteiger partial charge in [0.15, 0.2) is 11.5 Å². The zero-order valence-corrected chi connectivity index (χ0v) is 15.9. The van der Waals surface area contributed by atoms with E-state index in [1.165, 1.54) is 42.7 Å². The van der Waals surface area contributed by atoms with Crippen LogP contribution < -0.4 is 9.47 Å². The van der Waals surface area contributed by atoms with Gasteiger partial charge in [0.05, 0.1) is 18.2 Å². The summed E-state index contributed by atoms with van der Waals surface area (Å²) < 4.78 is 23.7. The van der Waals surface area contributed by atoms with Gasteiger partial charge < -0.3 is 9.47 Å². The number of nitriles is 1. The predicted molar refractivity (Wildman–Crippen MR) is 105 cm³/mol. The van der Waals surface area contributed by atoms with Crippen molar-refractivity contribution in [1.29, 1.82) is 5.26 Å². The number of ether oxygens (including phenoxy) is 2. The van der Waals surface area contributed by atoms with Crippen molar-refractivity contribution >= 4 is 29.0 Å². The van der Waals surface area contributed by atoms with Crippen LogP contribution in [-0.2, 0) is 0 Å². The van der Waals surface area contributed by atoms with Gasteiger partial charge in [0, 0.05) is 11.1 Å². The minimum atomic E-state index is -0.627. The van der Waals surface area contributed by atoms with Crippen LogP contribution in [0.5, 0.6) is 11.5 Å². The number of hydrogen-bond acceptors (Lipinski definition) is 6. The van der Waals surface area contributed by atoms with Gasteiger partial charge in [0.25, 0.3) is 0 Å². The molecule has 28 heavy (non-hydrogen) atoms. The number of carbonyl (C=O) groups excluding carboxylic acids is 1. The maximum absolute atomic E-state index is 13.0. The number of aromatic nitrogens is 1. The number of esters is 1. The molecule has 0 aliphatic rings. The van der Waals surface area contributed by atoms with Gasteiger partial charge in [-0.1, -0.05) is 6.07 Å². The maximum Gasteiger partial charge on any atom is 0.343 e. The number of methoxy groups -OCH3 is 1. The first-order chi connectivity index (χ1) is 13.5. The van der Waals surface area contributed by atoms with E-state index in [0.29, 0.717) is 21.9 Å². The number of allylic oxidation sites excluding steroid dienone is 1. The summed E-state index contributed by atoms with van der Waals surface area (Å²) in [4.78, 5) is 16.5. The first-order valence-corrected chi connectivity index (χ1v) is 9.08. The molecule has 0 amide bonds. The molecule has 3 aromatic rings. The van der Waals surface area contributed by atoms with E-state index < -0.39 is 11.8 Å². The molecule has 0 bridgehead atoms. The number of carbonyl (C=O) groups is 1. The lowest BCUT2D eigenvalue weighted by Crippen LogP contribution is -2.09. The lowest BCUT2D eigenvalue weighted by atomic mass is 10.1. The van der Waals surface area contributed by atoms with Crippen LogP contribution in [0.4, 0.5) is 4.39 Å². The largest absolute Gasteiger partial charge is 0.493 e. The molecule has 2 aromatic carbocycles. The van der Waals surface area contributed by atoms with Crippen molar-refractivity contribution in [2.24, 2.45) is 0 Å². The molecule has 0 spiro atoms. The van der Waals surface area contributed by atoms with E-state index in [9.17, 15) is 14.4 Å². The van der Waals surface area contributed by atoms with Crippen LogP contribution in [0.2, 0.25) is 0 Å². The number of hydrogen-bond donors (Lipinski definition) is 0. The highest BCUT2D eigenvalue weighted by atomic mass is 32.1. The predicted octanol–water partition coefficient (Wildman–Crippen LogP) is 4.88. The number of benzene rings is 2. The minimum Gasteiger partial charge on any atom is -0.493 e. The fourth-order valence-corrected chi connectivity index (χ4v) is 3.15. The first-order valence-electron chi connectivity index (χ1n) is 8.20. The van der Waals surface area contributed by atoms with Crippen molar-refractivity contribution in [3.05, 3.63) is 75.5 Å². The average molecular weight is 394 g/mol. The Morgan fingerprint density at radius 2 is 1.96 bits per heavy atom. The smallest absolute Gasteiger partial charge is 0.343 e. The van der Waals surface area contributed by atoms with E-state index in [-0.39, 0.29) is 11.3 Å². The number of aryl methyl sites for hydroxylation is 1. The Balaban J connectivity index is 1.86. The monoisotopic (exact) mass is 394 g/mol. The summed E-state index contributed by atoms with van der Waals surface area (Å²) in [6, 6.07) is 12.1. The molecule has 0 aliphatic heterocycles. The third-order valence-electron chi connectivity index (χ3n) is 3.75. The van der Waals surface area contributed by atoms with E-state index in [2.05, 4.69) is 11.1 Å². The second-order valence-corrected chi connectivity index (χ2v) is 6.63. The molecule has 0 radical (unpaired) electrons. The Bertz CT molecular complexity index is 1080. The Labute approximate surface area is 165 Å². The van der Waals surface area contributed by atoms with Crippen LogP contribution in [-0.4, -0.2) is 18.1 Å². The molecule has 0 aliphatic carbocycles. The Morgan fingerprint density at radius 3 is 2.57 bits per heavy atom. The van der Waals surface area contributed by atoms with Crippen molar-refractivity contribution in [2.75, 3.05) is 7.11 Å². The number of nitrogens with zero attached hydrogens (tertiary/aromatic N) is 2. The molecule has 0 unspecified atom stereocenters. The topological polar surface area (TPSA) is 72.2 Å². The normalized spacial score (nSPS) is 11.0. The molecule has 1 heterocycles. The summed E-state index contributed by atoms with van der Waals surface area (Å²) in [5, 5.41) is 11.9. The van der Waals surface area contributed by atoms with Crippen LogP contribution in [0.1, 0.15) is 26.6 Å². The third kappa shape index (κ3) is 4.42. The highest BCUT2D eigenvalue weighted by Crippen LogP contribution is 2.31. The Hall–Kier alpha value is -3.50. The maximum atomic E-state index is 13.0. The van der Waals surface area contributed by atoms with Gasteiger partial charge in [-0.15, -0.1) is 11.3 Å². The molecular formula is C21H15FN2O3S. The van der Waals surface area contributed by atoms with Gasteiger partial charge in [-0.25, -0.2) is 14.2 Å². The molecule has 0 saturated carbocycles. The highest BCUT2D eigenvalue weighted by molar-refractivity contribution is 7.11. The summed E-state index contributed by atoms with van der Waals surface area (Å²) in [6.45, 7) is 1.86. The van der Waals surface area contributed by atoms with Crippen molar-refractivity contribution in [1.82, 2.24) is 4.98 Å². The van der Waals surface area contributed by atoms with Gasteiger partial charge in [0.2, 0.25) is 0 Å². The number of rotatable bonds is 5.